The van der Waals surface area contributed by atoms with Crippen molar-refractivity contribution in [1.29, 1.82) is 0 Å². The number of esters is 1. The van der Waals surface area contributed by atoms with Crippen molar-refractivity contribution in [3.8, 4) is 17.2 Å². The van der Waals surface area contributed by atoms with Gasteiger partial charge < -0.3 is 24.8 Å². The van der Waals surface area contributed by atoms with Gasteiger partial charge in [-0.25, -0.2) is 0 Å². The lowest BCUT2D eigenvalue weighted by molar-refractivity contribution is -0.147. The van der Waals surface area contributed by atoms with Crippen molar-refractivity contribution in [1.82, 2.24) is 0 Å². The molecule has 0 spiro atoms. The van der Waals surface area contributed by atoms with E-state index in [-0.39, 0.29) is 25.4 Å². The van der Waals surface area contributed by atoms with Crippen LogP contribution in [-0.2, 0) is 19.1 Å². The van der Waals surface area contributed by atoms with Crippen molar-refractivity contribution in [3.63, 3.8) is 0 Å². The van der Waals surface area contributed by atoms with Crippen LogP contribution in [0.5, 0.6) is 17.2 Å². The fourth-order valence-electron chi connectivity index (χ4n) is 3.41. The molecule has 0 aliphatic rings. The van der Waals surface area contributed by atoms with Gasteiger partial charge in [0.15, 0.2) is 18.1 Å². The molecular formula is C28H30N2O6. The molecule has 3 aromatic rings. The first-order chi connectivity index (χ1) is 17.3. The standard InChI is InChI=1S/C28H30N2O6/c1-19-11-16-23(20(2)17-19)30-27(32)18-35-28(33)10-6-9-26(31)29-21-12-14-22(15-13-21)36-25-8-5-4-7-24(25)34-3/h4-5,7-8,11-17H,6,9-10,18H2,1-3H3,(H,29,31)(H,30,32). The van der Waals surface area contributed by atoms with Crippen LogP contribution in [0.3, 0.4) is 0 Å². The lowest BCUT2D eigenvalue weighted by Gasteiger charge is -2.11. The second kappa shape index (κ2) is 12.9. The molecule has 36 heavy (non-hydrogen) atoms. The highest BCUT2D eigenvalue weighted by Gasteiger charge is 2.11. The van der Waals surface area contributed by atoms with Crippen LogP contribution in [0, 0.1) is 13.8 Å². The summed E-state index contributed by atoms with van der Waals surface area (Å²) < 4.78 is 16.1. The summed E-state index contributed by atoms with van der Waals surface area (Å²) >= 11 is 0. The van der Waals surface area contributed by atoms with Gasteiger partial charge in [0.05, 0.1) is 7.11 Å². The summed E-state index contributed by atoms with van der Waals surface area (Å²) in [6.45, 7) is 3.49. The van der Waals surface area contributed by atoms with E-state index in [1.54, 1.807) is 43.5 Å². The summed E-state index contributed by atoms with van der Waals surface area (Å²) in [6.07, 6.45) is 0.484. The van der Waals surface area contributed by atoms with Gasteiger partial charge in [-0.05, 0) is 68.3 Å². The second-order valence-corrected chi connectivity index (χ2v) is 8.21. The summed E-state index contributed by atoms with van der Waals surface area (Å²) in [4.78, 5) is 36.2. The molecule has 8 heteroatoms. The van der Waals surface area contributed by atoms with Crippen LogP contribution < -0.4 is 20.1 Å². The number of carbonyl (C=O) groups excluding carboxylic acids is 3. The topological polar surface area (TPSA) is 103 Å². The van der Waals surface area contributed by atoms with Crippen molar-refractivity contribution in [2.24, 2.45) is 0 Å². The van der Waals surface area contributed by atoms with Gasteiger partial charge in [0, 0.05) is 24.2 Å². The van der Waals surface area contributed by atoms with E-state index in [0.29, 0.717) is 35.0 Å². The molecule has 0 heterocycles. The Morgan fingerprint density at radius 3 is 2.22 bits per heavy atom. The molecule has 0 aliphatic carbocycles. The quantitative estimate of drug-likeness (QED) is 0.349. The molecule has 0 aromatic heterocycles. The van der Waals surface area contributed by atoms with Gasteiger partial charge in [0.25, 0.3) is 5.91 Å². The van der Waals surface area contributed by atoms with Gasteiger partial charge in [-0.1, -0.05) is 29.8 Å². The first kappa shape index (κ1) is 26.3. The van der Waals surface area contributed by atoms with Gasteiger partial charge >= 0.3 is 5.97 Å². The molecule has 0 bridgehead atoms. The minimum absolute atomic E-state index is 0.0376. The molecule has 3 aromatic carbocycles. The van der Waals surface area contributed by atoms with Crippen molar-refractivity contribution in [2.75, 3.05) is 24.4 Å². The highest BCUT2D eigenvalue weighted by atomic mass is 16.5. The number of hydrogen-bond donors (Lipinski definition) is 2. The number of ether oxygens (including phenoxy) is 3. The minimum atomic E-state index is -0.531. The Labute approximate surface area is 210 Å². The SMILES string of the molecule is COc1ccccc1Oc1ccc(NC(=O)CCCC(=O)OCC(=O)Nc2ccc(C)cc2C)cc1. The number of nitrogens with one attached hydrogen (secondary N) is 2. The molecule has 0 fully saturated rings. The normalized spacial score (nSPS) is 10.3. The molecule has 0 atom stereocenters. The van der Waals surface area contributed by atoms with Gasteiger partial charge in [-0.2, -0.15) is 0 Å². The van der Waals surface area contributed by atoms with E-state index in [1.165, 1.54) is 0 Å². The molecule has 0 saturated carbocycles. The van der Waals surface area contributed by atoms with Crippen molar-refractivity contribution < 1.29 is 28.6 Å². The first-order valence-corrected chi connectivity index (χ1v) is 11.6. The fraction of sp³-hybridized carbons (Fsp3) is 0.250. The van der Waals surface area contributed by atoms with Crippen molar-refractivity contribution in [3.05, 3.63) is 77.9 Å². The summed E-state index contributed by atoms with van der Waals surface area (Å²) in [6, 6.07) is 19.9. The number of hydrogen-bond acceptors (Lipinski definition) is 6. The maximum absolute atomic E-state index is 12.2. The first-order valence-electron chi connectivity index (χ1n) is 11.6. The zero-order valence-electron chi connectivity index (χ0n) is 20.6. The summed E-state index contributed by atoms with van der Waals surface area (Å²) in [5, 5.41) is 5.50. The van der Waals surface area contributed by atoms with Crippen LogP contribution >= 0.6 is 0 Å². The molecule has 0 aliphatic heterocycles. The van der Waals surface area contributed by atoms with E-state index < -0.39 is 11.9 Å². The Kier molecular flexibility index (Phi) is 9.45. The van der Waals surface area contributed by atoms with Crippen LogP contribution in [0.15, 0.2) is 66.7 Å². The van der Waals surface area contributed by atoms with Crippen LogP contribution in [0.2, 0.25) is 0 Å². The van der Waals surface area contributed by atoms with Gasteiger partial charge in [0.1, 0.15) is 5.75 Å². The molecule has 0 saturated heterocycles. The lowest BCUT2D eigenvalue weighted by Crippen LogP contribution is -2.21. The molecule has 0 unspecified atom stereocenters. The van der Waals surface area contributed by atoms with E-state index in [0.717, 1.165) is 11.1 Å². The van der Waals surface area contributed by atoms with Gasteiger partial charge in [-0.15, -0.1) is 0 Å². The number of amides is 2. The highest BCUT2D eigenvalue weighted by Crippen LogP contribution is 2.31. The minimum Gasteiger partial charge on any atom is -0.493 e. The van der Waals surface area contributed by atoms with Crippen molar-refractivity contribution in [2.45, 2.75) is 33.1 Å². The fourth-order valence-corrected chi connectivity index (χ4v) is 3.41. The molecule has 2 N–H and O–H groups in total. The third kappa shape index (κ3) is 8.16. The van der Waals surface area contributed by atoms with Crippen LogP contribution in [-0.4, -0.2) is 31.5 Å². The average molecular weight is 491 g/mol. The smallest absolute Gasteiger partial charge is 0.306 e. The summed E-state index contributed by atoms with van der Waals surface area (Å²) in [5.74, 6) is 0.639. The number of carbonyl (C=O) groups is 3. The Morgan fingerprint density at radius 2 is 1.53 bits per heavy atom. The molecule has 0 radical (unpaired) electrons. The number of rotatable bonds is 11. The van der Waals surface area contributed by atoms with Crippen molar-refractivity contribution >= 4 is 29.2 Å². The Bertz CT molecular complexity index is 1210. The molecule has 188 valence electrons. The third-order valence-electron chi connectivity index (χ3n) is 5.24. The second-order valence-electron chi connectivity index (χ2n) is 8.21. The van der Waals surface area contributed by atoms with E-state index in [4.69, 9.17) is 14.2 Å². The van der Waals surface area contributed by atoms with Crippen LogP contribution in [0.4, 0.5) is 11.4 Å². The van der Waals surface area contributed by atoms with Crippen LogP contribution in [0.1, 0.15) is 30.4 Å². The largest absolute Gasteiger partial charge is 0.493 e. The number of para-hydroxylation sites is 2. The van der Waals surface area contributed by atoms with Gasteiger partial charge in [-0.3, -0.25) is 14.4 Å². The molecule has 8 nitrogen and oxygen atoms in total. The predicted molar refractivity (Wildman–Crippen MR) is 137 cm³/mol. The zero-order valence-corrected chi connectivity index (χ0v) is 20.6. The highest BCUT2D eigenvalue weighted by molar-refractivity contribution is 5.93. The molecule has 2 amide bonds. The summed E-state index contributed by atoms with van der Waals surface area (Å²) in [5.41, 5.74) is 3.31. The Morgan fingerprint density at radius 1 is 0.806 bits per heavy atom. The number of aryl methyl sites for hydroxylation is 2. The Balaban J connectivity index is 1.35. The summed E-state index contributed by atoms with van der Waals surface area (Å²) in [7, 11) is 1.57. The van der Waals surface area contributed by atoms with E-state index in [1.807, 2.05) is 44.2 Å². The predicted octanol–water partition coefficient (Wildman–Crippen LogP) is 5.40. The maximum Gasteiger partial charge on any atom is 0.306 e. The van der Waals surface area contributed by atoms with E-state index in [9.17, 15) is 14.4 Å². The molecule has 3 rings (SSSR count). The van der Waals surface area contributed by atoms with E-state index in [2.05, 4.69) is 10.6 Å². The maximum atomic E-state index is 12.2. The van der Waals surface area contributed by atoms with E-state index >= 15 is 0 Å². The lowest BCUT2D eigenvalue weighted by atomic mass is 10.1. The molecular weight excluding hydrogens is 460 g/mol. The number of anilines is 2. The average Bonchev–Trinajstić information content (AvgIpc) is 2.86. The van der Waals surface area contributed by atoms with Crippen LogP contribution in [0.25, 0.3) is 0 Å². The number of benzene rings is 3. The Hall–Kier alpha value is -4.33. The zero-order chi connectivity index (χ0) is 25.9. The third-order valence-corrected chi connectivity index (χ3v) is 5.24. The number of methoxy groups -OCH3 is 1. The van der Waals surface area contributed by atoms with Gasteiger partial charge in [0.2, 0.25) is 5.91 Å². The monoisotopic (exact) mass is 490 g/mol.